The molecule has 0 amide bonds. The minimum Gasteiger partial charge on any atom is -0.399 e. The SMILES string of the molecule is CC1(C)OB(c2cc(-c3ncncn3)cc(-c3ncncn3)c2)OC1(C)C. The van der Waals surface area contributed by atoms with Crippen LogP contribution in [0.25, 0.3) is 22.8 Å². The average Bonchev–Trinajstić information content (AvgIpc) is 2.90. The Balaban J connectivity index is 1.82. The van der Waals surface area contributed by atoms with Crippen LogP contribution in [0.2, 0.25) is 0 Å². The molecular weight excluding hydrogens is 343 g/mol. The van der Waals surface area contributed by atoms with Gasteiger partial charge in [-0.3, -0.25) is 0 Å². The summed E-state index contributed by atoms with van der Waals surface area (Å²) in [5.74, 6) is 1.11. The van der Waals surface area contributed by atoms with Crippen LogP contribution >= 0.6 is 0 Å². The summed E-state index contributed by atoms with van der Waals surface area (Å²) in [4.78, 5) is 24.8. The molecule has 4 rings (SSSR count). The summed E-state index contributed by atoms with van der Waals surface area (Å²) in [6, 6.07) is 5.85. The van der Waals surface area contributed by atoms with Gasteiger partial charge in [0, 0.05) is 11.1 Å². The lowest BCUT2D eigenvalue weighted by atomic mass is 9.77. The summed E-state index contributed by atoms with van der Waals surface area (Å²) in [5.41, 5.74) is 1.59. The summed E-state index contributed by atoms with van der Waals surface area (Å²) in [7, 11) is -0.516. The lowest BCUT2D eigenvalue weighted by Gasteiger charge is -2.32. The normalized spacial score (nSPS) is 17.9. The van der Waals surface area contributed by atoms with Crippen molar-refractivity contribution in [3.05, 3.63) is 43.5 Å². The Labute approximate surface area is 157 Å². The van der Waals surface area contributed by atoms with Crippen LogP contribution in [0.15, 0.2) is 43.5 Å². The maximum Gasteiger partial charge on any atom is 0.494 e. The van der Waals surface area contributed by atoms with Crippen LogP contribution in [0.4, 0.5) is 0 Å². The maximum absolute atomic E-state index is 6.20. The fourth-order valence-corrected chi connectivity index (χ4v) is 2.80. The molecule has 0 atom stereocenters. The highest BCUT2D eigenvalue weighted by molar-refractivity contribution is 6.62. The van der Waals surface area contributed by atoms with E-state index >= 15 is 0 Å². The van der Waals surface area contributed by atoms with Crippen molar-refractivity contribution in [2.45, 2.75) is 38.9 Å². The highest BCUT2D eigenvalue weighted by atomic mass is 16.7. The second-order valence-electron chi connectivity index (χ2n) is 7.36. The fraction of sp³-hybridized carbons (Fsp3) is 0.333. The van der Waals surface area contributed by atoms with E-state index in [9.17, 15) is 0 Å². The van der Waals surface area contributed by atoms with Crippen LogP contribution in [0.1, 0.15) is 27.7 Å². The van der Waals surface area contributed by atoms with E-state index in [1.165, 1.54) is 25.3 Å². The molecule has 0 N–H and O–H groups in total. The highest BCUT2D eigenvalue weighted by Gasteiger charge is 2.51. The van der Waals surface area contributed by atoms with Gasteiger partial charge < -0.3 is 9.31 Å². The van der Waals surface area contributed by atoms with Crippen molar-refractivity contribution in [2.24, 2.45) is 0 Å². The minimum absolute atomic E-state index is 0.436. The van der Waals surface area contributed by atoms with Crippen molar-refractivity contribution in [3.8, 4) is 22.8 Å². The summed E-state index contributed by atoms with van der Waals surface area (Å²) in [6.07, 6.45) is 5.86. The molecule has 1 saturated heterocycles. The summed E-state index contributed by atoms with van der Waals surface area (Å²) in [6.45, 7) is 8.09. The van der Waals surface area contributed by atoms with Crippen LogP contribution in [0.3, 0.4) is 0 Å². The van der Waals surface area contributed by atoms with Gasteiger partial charge in [0.05, 0.1) is 11.2 Å². The van der Waals surface area contributed by atoms with Gasteiger partial charge in [-0.2, -0.15) is 0 Å². The Morgan fingerprint density at radius 2 is 1.07 bits per heavy atom. The second-order valence-corrected chi connectivity index (χ2v) is 7.36. The van der Waals surface area contributed by atoms with E-state index in [1.807, 2.05) is 45.9 Å². The van der Waals surface area contributed by atoms with Gasteiger partial charge in [-0.15, -0.1) is 0 Å². The number of benzene rings is 1. The zero-order chi connectivity index (χ0) is 19.1. The van der Waals surface area contributed by atoms with Gasteiger partial charge in [0.15, 0.2) is 11.6 Å². The van der Waals surface area contributed by atoms with E-state index in [1.54, 1.807) is 0 Å². The Bertz CT molecular complexity index is 879. The molecule has 0 unspecified atom stereocenters. The third kappa shape index (κ3) is 3.31. The monoisotopic (exact) mass is 362 g/mol. The van der Waals surface area contributed by atoms with Gasteiger partial charge in [-0.05, 0) is 39.2 Å². The molecule has 0 bridgehead atoms. The highest BCUT2D eigenvalue weighted by Crippen LogP contribution is 2.37. The Morgan fingerprint density at radius 1 is 0.667 bits per heavy atom. The molecule has 1 aromatic carbocycles. The first kappa shape index (κ1) is 17.6. The second kappa shape index (κ2) is 6.43. The van der Waals surface area contributed by atoms with E-state index in [0.717, 1.165) is 16.6 Å². The number of hydrogen-bond donors (Lipinski definition) is 0. The van der Waals surface area contributed by atoms with E-state index in [0.29, 0.717) is 11.6 Å². The number of hydrogen-bond acceptors (Lipinski definition) is 8. The molecular formula is C18H19BN6O2. The average molecular weight is 362 g/mol. The van der Waals surface area contributed by atoms with Crippen molar-refractivity contribution in [1.29, 1.82) is 0 Å². The number of aromatic nitrogens is 6. The Hall–Kier alpha value is -2.78. The summed E-state index contributed by atoms with van der Waals surface area (Å²) < 4.78 is 12.4. The zero-order valence-corrected chi connectivity index (χ0v) is 15.6. The molecule has 3 aromatic rings. The number of nitrogens with zero attached hydrogens (tertiary/aromatic N) is 6. The van der Waals surface area contributed by atoms with E-state index in [-0.39, 0.29) is 0 Å². The molecule has 0 spiro atoms. The molecule has 1 aliphatic heterocycles. The standard InChI is InChI=1S/C18H19BN6O2/c1-17(2)18(3,4)27-19(26-17)14-6-12(15-22-8-20-9-23-15)5-13(7-14)16-24-10-21-11-25-16/h5-11H,1-4H3. The van der Waals surface area contributed by atoms with Gasteiger partial charge in [0.2, 0.25) is 0 Å². The molecule has 0 aliphatic carbocycles. The molecule has 1 aliphatic rings. The van der Waals surface area contributed by atoms with Gasteiger partial charge in [-0.1, -0.05) is 12.1 Å². The topological polar surface area (TPSA) is 95.8 Å². The first-order valence-corrected chi connectivity index (χ1v) is 8.61. The van der Waals surface area contributed by atoms with Gasteiger partial charge in [0.25, 0.3) is 0 Å². The Kier molecular flexibility index (Phi) is 4.20. The quantitative estimate of drug-likeness (QED) is 0.650. The summed E-state index contributed by atoms with van der Waals surface area (Å²) >= 11 is 0. The molecule has 2 aromatic heterocycles. The van der Waals surface area contributed by atoms with Crippen molar-refractivity contribution in [1.82, 2.24) is 29.9 Å². The molecule has 0 saturated carbocycles. The lowest BCUT2D eigenvalue weighted by molar-refractivity contribution is 0.00578. The molecule has 0 radical (unpaired) electrons. The van der Waals surface area contributed by atoms with Crippen LogP contribution in [-0.4, -0.2) is 48.2 Å². The van der Waals surface area contributed by atoms with Crippen LogP contribution in [0, 0.1) is 0 Å². The van der Waals surface area contributed by atoms with E-state index in [4.69, 9.17) is 9.31 Å². The minimum atomic E-state index is -0.516. The number of rotatable bonds is 3. The zero-order valence-electron chi connectivity index (χ0n) is 15.6. The predicted molar refractivity (Wildman–Crippen MR) is 99.8 cm³/mol. The van der Waals surface area contributed by atoms with Crippen molar-refractivity contribution in [3.63, 3.8) is 0 Å². The van der Waals surface area contributed by atoms with Crippen LogP contribution in [-0.2, 0) is 9.31 Å². The Morgan fingerprint density at radius 3 is 1.48 bits per heavy atom. The maximum atomic E-state index is 6.20. The van der Waals surface area contributed by atoms with Crippen LogP contribution < -0.4 is 5.46 Å². The predicted octanol–water partition coefficient (Wildman–Crippen LogP) is 1.69. The first-order chi connectivity index (χ1) is 12.9. The lowest BCUT2D eigenvalue weighted by Crippen LogP contribution is -2.41. The molecule has 27 heavy (non-hydrogen) atoms. The van der Waals surface area contributed by atoms with Crippen molar-refractivity contribution in [2.75, 3.05) is 0 Å². The van der Waals surface area contributed by atoms with Crippen molar-refractivity contribution < 1.29 is 9.31 Å². The molecule has 1 fully saturated rings. The molecule has 3 heterocycles. The third-order valence-corrected chi connectivity index (χ3v) is 4.98. The van der Waals surface area contributed by atoms with E-state index < -0.39 is 18.3 Å². The van der Waals surface area contributed by atoms with Gasteiger partial charge >= 0.3 is 7.12 Å². The van der Waals surface area contributed by atoms with Crippen LogP contribution in [0.5, 0.6) is 0 Å². The first-order valence-electron chi connectivity index (χ1n) is 8.61. The largest absolute Gasteiger partial charge is 0.494 e. The van der Waals surface area contributed by atoms with Gasteiger partial charge in [-0.25, -0.2) is 29.9 Å². The smallest absolute Gasteiger partial charge is 0.399 e. The third-order valence-electron chi connectivity index (χ3n) is 4.98. The van der Waals surface area contributed by atoms with E-state index in [2.05, 4.69) is 29.9 Å². The molecule has 9 heteroatoms. The van der Waals surface area contributed by atoms with Gasteiger partial charge in [0.1, 0.15) is 25.3 Å². The fourth-order valence-electron chi connectivity index (χ4n) is 2.80. The van der Waals surface area contributed by atoms with Crippen molar-refractivity contribution >= 4 is 12.6 Å². The molecule has 136 valence electrons. The molecule has 8 nitrogen and oxygen atoms in total. The summed E-state index contributed by atoms with van der Waals surface area (Å²) in [5, 5.41) is 0.